The summed E-state index contributed by atoms with van der Waals surface area (Å²) in [5.41, 5.74) is 5.50. The number of carboxylic acid groups (broad SMARTS) is 3. The van der Waals surface area contributed by atoms with Crippen LogP contribution in [0, 0.1) is 5.92 Å². The SMILES string of the molecule is CCC(C)C(NC(=O)C(CCSC)NC(=O)C(CCC(=O)O)NC(=O)C(N)CC(=O)O)C(=O)O. The highest BCUT2D eigenvalue weighted by atomic mass is 32.2. The fourth-order valence-electron chi connectivity index (χ4n) is 2.81. The number of thioether (sulfide) groups is 1. The second-order valence-electron chi connectivity index (χ2n) is 7.75. The quantitative estimate of drug-likeness (QED) is 0.126. The van der Waals surface area contributed by atoms with E-state index < -0.39 is 72.6 Å². The molecule has 13 nitrogen and oxygen atoms in total. The third kappa shape index (κ3) is 11.8. The third-order valence-corrected chi connectivity index (χ3v) is 5.68. The largest absolute Gasteiger partial charge is 0.481 e. The van der Waals surface area contributed by atoms with Gasteiger partial charge >= 0.3 is 17.9 Å². The molecule has 0 heterocycles. The predicted molar refractivity (Wildman–Crippen MR) is 123 cm³/mol. The van der Waals surface area contributed by atoms with Crippen LogP contribution in [0.3, 0.4) is 0 Å². The lowest BCUT2D eigenvalue weighted by Gasteiger charge is -2.26. The number of carbonyl (C=O) groups excluding carboxylic acids is 3. The molecule has 34 heavy (non-hydrogen) atoms. The first-order valence-corrected chi connectivity index (χ1v) is 12.0. The monoisotopic (exact) mass is 506 g/mol. The molecular formula is C20H34N4O9S. The summed E-state index contributed by atoms with van der Waals surface area (Å²) in [6.45, 7) is 3.43. The maximum Gasteiger partial charge on any atom is 0.326 e. The highest BCUT2D eigenvalue weighted by Crippen LogP contribution is 2.10. The summed E-state index contributed by atoms with van der Waals surface area (Å²) >= 11 is 1.39. The number of hydrogen-bond donors (Lipinski definition) is 7. The summed E-state index contributed by atoms with van der Waals surface area (Å²) in [5.74, 6) is -6.33. The topological polar surface area (TPSA) is 225 Å². The Labute approximate surface area is 201 Å². The van der Waals surface area contributed by atoms with Crippen molar-refractivity contribution in [1.29, 1.82) is 0 Å². The lowest BCUT2D eigenvalue weighted by Crippen LogP contribution is -2.58. The summed E-state index contributed by atoms with van der Waals surface area (Å²) < 4.78 is 0. The molecule has 5 unspecified atom stereocenters. The Morgan fingerprint density at radius 2 is 1.38 bits per heavy atom. The molecule has 0 saturated carbocycles. The molecular weight excluding hydrogens is 472 g/mol. The first-order chi connectivity index (χ1) is 15.8. The van der Waals surface area contributed by atoms with E-state index in [2.05, 4.69) is 16.0 Å². The van der Waals surface area contributed by atoms with Gasteiger partial charge in [-0.05, 0) is 30.8 Å². The number of nitrogens with two attached hydrogens (primary N) is 1. The molecule has 0 aliphatic carbocycles. The minimum absolute atomic E-state index is 0.143. The summed E-state index contributed by atoms with van der Waals surface area (Å²) in [6, 6.07) is -5.21. The Balaban J connectivity index is 5.58. The maximum absolute atomic E-state index is 12.8. The van der Waals surface area contributed by atoms with E-state index in [4.69, 9.17) is 15.9 Å². The molecule has 0 rings (SSSR count). The van der Waals surface area contributed by atoms with Crippen LogP contribution in [-0.2, 0) is 28.8 Å². The van der Waals surface area contributed by atoms with E-state index in [-0.39, 0.29) is 18.8 Å². The minimum Gasteiger partial charge on any atom is -0.481 e. The molecule has 8 N–H and O–H groups in total. The molecule has 5 atom stereocenters. The van der Waals surface area contributed by atoms with Crippen molar-refractivity contribution in [2.24, 2.45) is 11.7 Å². The first kappa shape index (κ1) is 31.1. The van der Waals surface area contributed by atoms with Crippen LogP contribution in [0.15, 0.2) is 0 Å². The normalized spacial score (nSPS) is 15.2. The summed E-state index contributed by atoms with van der Waals surface area (Å²) in [5, 5.41) is 34.2. The van der Waals surface area contributed by atoms with E-state index in [9.17, 15) is 33.9 Å². The third-order valence-electron chi connectivity index (χ3n) is 5.03. The lowest BCUT2D eigenvalue weighted by molar-refractivity contribution is -0.143. The molecule has 0 fully saturated rings. The molecule has 0 aliphatic heterocycles. The minimum atomic E-state index is -1.47. The molecule has 0 bridgehead atoms. The molecule has 0 aromatic rings. The Hall–Kier alpha value is -2.87. The van der Waals surface area contributed by atoms with Gasteiger partial charge in [-0.25, -0.2) is 4.79 Å². The van der Waals surface area contributed by atoms with Crippen LogP contribution in [0.4, 0.5) is 0 Å². The van der Waals surface area contributed by atoms with Crippen LogP contribution < -0.4 is 21.7 Å². The molecule has 0 aliphatic rings. The van der Waals surface area contributed by atoms with Crippen LogP contribution in [0.1, 0.15) is 46.0 Å². The van der Waals surface area contributed by atoms with Gasteiger partial charge in [0.05, 0.1) is 12.5 Å². The van der Waals surface area contributed by atoms with Gasteiger partial charge in [0.2, 0.25) is 17.7 Å². The Kier molecular flexibility index (Phi) is 14.5. The first-order valence-electron chi connectivity index (χ1n) is 10.7. The van der Waals surface area contributed by atoms with E-state index in [1.165, 1.54) is 11.8 Å². The van der Waals surface area contributed by atoms with Gasteiger partial charge in [0.15, 0.2) is 0 Å². The number of aliphatic carboxylic acids is 3. The van der Waals surface area contributed by atoms with Gasteiger partial charge < -0.3 is 37.0 Å². The van der Waals surface area contributed by atoms with E-state index in [1.807, 2.05) is 0 Å². The van der Waals surface area contributed by atoms with E-state index in [0.29, 0.717) is 12.2 Å². The second-order valence-corrected chi connectivity index (χ2v) is 8.74. The Bertz CT molecular complexity index is 750. The number of carboxylic acids is 3. The summed E-state index contributed by atoms with van der Waals surface area (Å²) in [4.78, 5) is 71.1. The van der Waals surface area contributed by atoms with Crippen LogP contribution in [0.2, 0.25) is 0 Å². The second kappa shape index (κ2) is 15.9. The van der Waals surface area contributed by atoms with Gasteiger partial charge in [0.25, 0.3) is 0 Å². The predicted octanol–water partition coefficient (Wildman–Crippen LogP) is -1.01. The van der Waals surface area contributed by atoms with Gasteiger partial charge in [-0.3, -0.25) is 24.0 Å². The maximum atomic E-state index is 12.8. The molecule has 0 saturated heterocycles. The van der Waals surface area contributed by atoms with Gasteiger partial charge in [-0.15, -0.1) is 0 Å². The fraction of sp³-hybridized carbons (Fsp3) is 0.700. The average molecular weight is 507 g/mol. The van der Waals surface area contributed by atoms with Crippen molar-refractivity contribution in [1.82, 2.24) is 16.0 Å². The molecule has 194 valence electrons. The zero-order valence-electron chi connectivity index (χ0n) is 19.4. The van der Waals surface area contributed by atoms with Crippen molar-refractivity contribution < 1.29 is 44.1 Å². The van der Waals surface area contributed by atoms with Gasteiger partial charge in [-0.1, -0.05) is 20.3 Å². The summed E-state index contributed by atoms with van der Waals surface area (Å²) in [7, 11) is 0. The highest BCUT2D eigenvalue weighted by molar-refractivity contribution is 7.98. The smallest absolute Gasteiger partial charge is 0.326 e. The zero-order chi connectivity index (χ0) is 26.4. The van der Waals surface area contributed by atoms with Crippen molar-refractivity contribution in [2.75, 3.05) is 12.0 Å². The van der Waals surface area contributed by atoms with Crippen molar-refractivity contribution in [3.05, 3.63) is 0 Å². The van der Waals surface area contributed by atoms with Crippen molar-refractivity contribution >= 4 is 47.4 Å². The fourth-order valence-corrected chi connectivity index (χ4v) is 3.28. The van der Waals surface area contributed by atoms with E-state index in [1.54, 1.807) is 20.1 Å². The number of nitrogens with one attached hydrogen (secondary N) is 3. The Morgan fingerprint density at radius 1 is 0.853 bits per heavy atom. The van der Waals surface area contributed by atoms with Gasteiger partial charge in [0, 0.05) is 6.42 Å². The van der Waals surface area contributed by atoms with Crippen molar-refractivity contribution in [3.8, 4) is 0 Å². The number of amides is 3. The van der Waals surface area contributed by atoms with E-state index in [0.717, 1.165) is 0 Å². The van der Waals surface area contributed by atoms with Gasteiger partial charge in [-0.2, -0.15) is 11.8 Å². The van der Waals surface area contributed by atoms with Crippen LogP contribution in [-0.4, -0.2) is 87.1 Å². The summed E-state index contributed by atoms with van der Waals surface area (Å²) in [6.07, 6.45) is 0.861. The highest BCUT2D eigenvalue weighted by Gasteiger charge is 2.32. The van der Waals surface area contributed by atoms with Crippen LogP contribution >= 0.6 is 11.8 Å². The molecule has 0 spiro atoms. The molecule has 0 radical (unpaired) electrons. The average Bonchev–Trinajstić information content (AvgIpc) is 2.75. The Morgan fingerprint density at radius 3 is 1.85 bits per heavy atom. The van der Waals surface area contributed by atoms with E-state index >= 15 is 0 Å². The number of hydrogen-bond acceptors (Lipinski definition) is 8. The van der Waals surface area contributed by atoms with Crippen molar-refractivity contribution in [3.63, 3.8) is 0 Å². The van der Waals surface area contributed by atoms with Crippen molar-refractivity contribution in [2.45, 2.75) is 70.1 Å². The van der Waals surface area contributed by atoms with Crippen LogP contribution in [0.5, 0.6) is 0 Å². The molecule has 0 aromatic heterocycles. The standard InChI is InChI=1S/C20H34N4O9S/c1-4-10(2)16(20(32)33)24-19(31)13(7-8-34-3)23-18(30)12(5-6-14(25)26)22-17(29)11(21)9-15(27)28/h10-13,16H,4-9,21H2,1-3H3,(H,22,29)(H,23,30)(H,24,31)(H,25,26)(H,27,28)(H,32,33). The van der Waals surface area contributed by atoms with Gasteiger partial charge in [0.1, 0.15) is 18.1 Å². The number of carbonyl (C=O) groups is 6. The zero-order valence-corrected chi connectivity index (χ0v) is 20.2. The lowest BCUT2D eigenvalue weighted by atomic mass is 9.98. The van der Waals surface area contributed by atoms with Crippen LogP contribution in [0.25, 0.3) is 0 Å². The number of rotatable bonds is 17. The molecule has 14 heteroatoms. The molecule has 0 aromatic carbocycles. The molecule has 3 amide bonds.